The van der Waals surface area contributed by atoms with Crippen molar-refractivity contribution in [3.8, 4) is 0 Å². The molecule has 3 N–H and O–H groups in total. The lowest BCUT2D eigenvalue weighted by molar-refractivity contribution is -0.143. The molecule has 2 unspecified atom stereocenters. The number of esters is 1. The second-order valence-corrected chi connectivity index (χ2v) is 18.2. The van der Waals surface area contributed by atoms with Gasteiger partial charge in [0.2, 0.25) is 5.91 Å². The molecule has 0 radical (unpaired) electrons. The van der Waals surface area contributed by atoms with Crippen molar-refractivity contribution >= 4 is 11.9 Å². The minimum absolute atomic E-state index is 0.0462. The Balaban J connectivity index is 3.58. The average molecular weight is 870 g/mol. The van der Waals surface area contributed by atoms with Crippen LogP contribution in [-0.2, 0) is 14.3 Å². The highest BCUT2D eigenvalue weighted by Crippen LogP contribution is 2.15. The SMILES string of the molecule is CCCCC/C=C\C/C=C\CCCCCCCCCC(=O)OCCCCCC/C=C\CCCC(=O)NC(CO)C(O)/C=C/CCCCCCCCCCCCCCCCCCC. The molecule has 0 aliphatic heterocycles. The van der Waals surface area contributed by atoms with Crippen LogP contribution in [0.15, 0.2) is 48.6 Å². The Morgan fingerprint density at radius 1 is 0.452 bits per heavy atom. The fourth-order valence-corrected chi connectivity index (χ4v) is 7.90. The van der Waals surface area contributed by atoms with Gasteiger partial charge in [0.25, 0.3) is 0 Å². The first kappa shape index (κ1) is 59.8. The summed E-state index contributed by atoms with van der Waals surface area (Å²) in [6.07, 6.45) is 64.1. The summed E-state index contributed by atoms with van der Waals surface area (Å²) in [5, 5.41) is 23.1. The van der Waals surface area contributed by atoms with Gasteiger partial charge in [-0.2, -0.15) is 0 Å². The molecule has 362 valence electrons. The van der Waals surface area contributed by atoms with Crippen LogP contribution in [-0.4, -0.2) is 47.4 Å². The fourth-order valence-electron chi connectivity index (χ4n) is 7.90. The molecule has 6 heteroatoms. The molecule has 0 saturated heterocycles. The maximum absolute atomic E-state index is 12.4. The Morgan fingerprint density at radius 3 is 1.31 bits per heavy atom. The number of aliphatic hydroxyl groups is 2. The third-order valence-electron chi connectivity index (χ3n) is 12.1. The monoisotopic (exact) mass is 870 g/mol. The molecule has 0 aromatic rings. The van der Waals surface area contributed by atoms with Crippen LogP contribution >= 0.6 is 0 Å². The van der Waals surface area contributed by atoms with Gasteiger partial charge in [0.1, 0.15) is 0 Å². The van der Waals surface area contributed by atoms with Crippen molar-refractivity contribution < 1.29 is 24.5 Å². The van der Waals surface area contributed by atoms with E-state index in [1.165, 1.54) is 167 Å². The van der Waals surface area contributed by atoms with Crippen molar-refractivity contribution in [3.63, 3.8) is 0 Å². The van der Waals surface area contributed by atoms with Crippen LogP contribution in [0.4, 0.5) is 0 Å². The Bertz CT molecular complexity index is 1050. The van der Waals surface area contributed by atoms with E-state index < -0.39 is 12.1 Å². The Labute approximate surface area is 385 Å². The van der Waals surface area contributed by atoms with E-state index in [4.69, 9.17) is 4.74 Å². The van der Waals surface area contributed by atoms with Gasteiger partial charge in [-0.15, -0.1) is 0 Å². The van der Waals surface area contributed by atoms with E-state index in [0.717, 1.165) is 77.0 Å². The second kappa shape index (κ2) is 51.5. The maximum atomic E-state index is 12.4. The predicted octanol–water partition coefficient (Wildman–Crippen LogP) is 16.2. The van der Waals surface area contributed by atoms with Crippen LogP contribution in [0.1, 0.15) is 271 Å². The largest absolute Gasteiger partial charge is 0.466 e. The molecule has 0 aliphatic rings. The van der Waals surface area contributed by atoms with Crippen molar-refractivity contribution in [2.45, 2.75) is 283 Å². The topological polar surface area (TPSA) is 95.9 Å². The second-order valence-electron chi connectivity index (χ2n) is 18.2. The lowest BCUT2D eigenvalue weighted by atomic mass is 10.0. The van der Waals surface area contributed by atoms with Crippen LogP contribution in [0.2, 0.25) is 0 Å². The molecule has 2 atom stereocenters. The van der Waals surface area contributed by atoms with E-state index in [-0.39, 0.29) is 18.5 Å². The zero-order valence-corrected chi connectivity index (χ0v) is 41.1. The van der Waals surface area contributed by atoms with Crippen molar-refractivity contribution in [1.29, 1.82) is 0 Å². The Kier molecular flexibility index (Phi) is 49.6. The number of aliphatic hydroxyl groups excluding tert-OH is 2. The molecule has 0 aromatic carbocycles. The van der Waals surface area contributed by atoms with E-state index in [1.54, 1.807) is 6.08 Å². The first-order valence-electron chi connectivity index (χ1n) is 26.9. The standard InChI is InChI=1S/C56H103NO5/c1-3-5-7-9-11-13-15-17-19-21-22-24-25-27-29-32-36-40-44-48-54(59)53(52-58)57-55(60)49-45-41-37-33-31-35-39-43-47-51-62-56(61)50-46-42-38-34-30-28-26-23-20-18-16-14-12-10-8-6-4-2/h12,14,18,20,33,37,44,48,53-54,58-59H,3-11,13,15-17,19,21-32,34-36,38-43,45-47,49-52H2,1-2H3,(H,57,60)/b14-12-,20-18-,37-33-,48-44+. The summed E-state index contributed by atoms with van der Waals surface area (Å²) in [5.41, 5.74) is 0. The lowest BCUT2D eigenvalue weighted by Crippen LogP contribution is -2.45. The van der Waals surface area contributed by atoms with Gasteiger partial charge in [-0.05, 0) is 83.5 Å². The Hall–Kier alpha value is -2.18. The van der Waals surface area contributed by atoms with Crippen molar-refractivity contribution in [2.75, 3.05) is 13.2 Å². The summed E-state index contributed by atoms with van der Waals surface area (Å²) in [4.78, 5) is 24.5. The van der Waals surface area contributed by atoms with Gasteiger partial charge in [0.15, 0.2) is 0 Å². The molecular weight excluding hydrogens is 767 g/mol. The summed E-state index contributed by atoms with van der Waals surface area (Å²) in [5.74, 6) is -0.175. The number of hydrogen-bond acceptors (Lipinski definition) is 5. The number of ether oxygens (including phenoxy) is 1. The number of carbonyl (C=O) groups excluding carboxylic acids is 2. The molecule has 0 fully saturated rings. The summed E-state index contributed by atoms with van der Waals surface area (Å²) in [7, 11) is 0. The molecule has 0 saturated carbocycles. The van der Waals surface area contributed by atoms with Gasteiger partial charge in [0.05, 0.1) is 25.4 Å². The molecule has 0 spiro atoms. The van der Waals surface area contributed by atoms with Crippen molar-refractivity contribution in [2.24, 2.45) is 0 Å². The third kappa shape index (κ3) is 47.3. The first-order chi connectivity index (χ1) is 30.5. The molecule has 1 amide bonds. The lowest BCUT2D eigenvalue weighted by Gasteiger charge is -2.19. The van der Waals surface area contributed by atoms with Crippen LogP contribution in [0.25, 0.3) is 0 Å². The summed E-state index contributed by atoms with van der Waals surface area (Å²) < 4.78 is 5.44. The summed E-state index contributed by atoms with van der Waals surface area (Å²) in [6, 6.07) is -0.667. The van der Waals surface area contributed by atoms with Crippen LogP contribution < -0.4 is 5.32 Å². The van der Waals surface area contributed by atoms with E-state index in [0.29, 0.717) is 19.4 Å². The van der Waals surface area contributed by atoms with Gasteiger partial charge in [-0.3, -0.25) is 9.59 Å². The highest BCUT2D eigenvalue weighted by molar-refractivity contribution is 5.76. The summed E-state index contributed by atoms with van der Waals surface area (Å²) in [6.45, 7) is 4.78. The first-order valence-corrected chi connectivity index (χ1v) is 26.9. The fraction of sp³-hybridized carbons (Fsp3) is 0.821. The minimum atomic E-state index is -0.877. The highest BCUT2D eigenvalue weighted by Gasteiger charge is 2.17. The number of carbonyl (C=O) groups is 2. The van der Waals surface area contributed by atoms with Crippen molar-refractivity contribution in [1.82, 2.24) is 5.32 Å². The molecule has 0 heterocycles. The van der Waals surface area contributed by atoms with E-state index in [1.807, 2.05) is 6.08 Å². The van der Waals surface area contributed by atoms with E-state index in [9.17, 15) is 19.8 Å². The third-order valence-corrected chi connectivity index (χ3v) is 12.1. The number of amides is 1. The average Bonchev–Trinajstić information content (AvgIpc) is 3.27. The summed E-state index contributed by atoms with van der Waals surface area (Å²) >= 11 is 0. The number of unbranched alkanes of at least 4 members (excludes halogenated alkanes) is 32. The van der Waals surface area contributed by atoms with Gasteiger partial charge in [-0.1, -0.05) is 223 Å². The van der Waals surface area contributed by atoms with Crippen molar-refractivity contribution in [3.05, 3.63) is 48.6 Å². The smallest absolute Gasteiger partial charge is 0.305 e. The van der Waals surface area contributed by atoms with Gasteiger partial charge >= 0.3 is 5.97 Å². The van der Waals surface area contributed by atoms with E-state index >= 15 is 0 Å². The predicted molar refractivity (Wildman–Crippen MR) is 269 cm³/mol. The molecule has 62 heavy (non-hydrogen) atoms. The maximum Gasteiger partial charge on any atom is 0.305 e. The number of hydrogen-bond donors (Lipinski definition) is 3. The quantitative estimate of drug-likeness (QED) is 0.0322. The number of rotatable bonds is 49. The van der Waals surface area contributed by atoms with Gasteiger partial charge in [-0.25, -0.2) is 0 Å². The van der Waals surface area contributed by atoms with Crippen LogP contribution in [0.3, 0.4) is 0 Å². The Morgan fingerprint density at radius 2 is 0.823 bits per heavy atom. The zero-order chi connectivity index (χ0) is 45.1. The normalized spacial score (nSPS) is 13.0. The highest BCUT2D eigenvalue weighted by atomic mass is 16.5. The molecule has 0 aromatic heterocycles. The molecule has 0 rings (SSSR count). The van der Waals surface area contributed by atoms with Gasteiger partial charge < -0.3 is 20.3 Å². The zero-order valence-electron chi connectivity index (χ0n) is 41.1. The van der Waals surface area contributed by atoms with Crippen LogP contribution in [0.5, 0.6) is 0 Å². The van der Waals surface area contributed by atoms with Gasteiger partial charge in [0, 0.05) is 12.8 Å². The number of allylic oxidation sites excluding steroid dienone is 7. The molecule has 0 bridgehead atoms. The number of nitrogens with one attached hydrogen (secondary N) is 1. The minimum Gasteiger partial charge on any atom is -0.466 e. The molecular formula is C56H103NO5. The molecule has 6 nitrogen and oxygen atoms in total. The van der Waals surface area contributed by atoms with E-state index in [2.05, 4.69) is 55.6 Å². The van der Waals surface area contributed by atoms with Crippen LogP contribution in [0, 0.1) is 0 Å². The molecule has 0 aliphatic carbocycles.